The van der Waals surface area contributed by atoms with E-state index in [2.05, 4.69) is 4.90 Å². The van der Waals surface area contributed by atoms with Crippen LogP contribution in [-0.2, 0) is 19.2 Å². The molecule has 2 aliphatic heterocycles. The number of carbonyl (C=O) groups excluding carboxylic acids is 5. The van der Waals surface area contributed by atoms with E-state index in [0.29, 0.717) is 32.6 Å². The summed E-state index contributed by atoms with van der Waals surface area (Å²) in [6, 6.07) is -3.46. The van der Waals surface area contributed by atoms with Crippen LogP contribution in [0.4, 0.5) is 35.5 Å². The minimum Gasteiger partial charge on any atom is -0.505 e. The number of hydrogen-bond acceptors (Lipinski definition) is 9. The van der Waals surface area contributed by atoms with Crippen LogP contribution in [0.1, 0.15) is 57.2 Å². The Hall–Kier alpha value is -4.16. The number of ketones is 2. The maximum Gasteiger partial charge on any atom is 0.405 e. The fourth-order valence-electron chi connectivity index (χ4n) is 6.67. The van der Waals surface area contributed by atoms with Crippen molar-refractivity contribution in [2.45, 2.75) is 77.4 Å². The maximum atomic E-state index is 14.5. The summed E-state index contributed by atoms with van der Waals surface area (Å²) >= 11 is 0. The zero-order chi connectivity index (χ0) is 38.9. The lowest BCUT2D eigenvalue weighted by Gasteiger charge is -2.47. The fourth-order valence-corrected chi connectivity index (χ4v) is 6.67. The molecule has 0 spiro atoms. The van der Waals surface area contributed by atoms with Crippen molar-refractivity contribution < 1.29 is 70.0 Å². The van der Waals surface area contributed by atoms with E-state index in [1.54, 1.807) is 4.90 Å². The highest BCUT2D eigenvalue weighted by atomic mass is 19.4. The smallest absolute Gasteiger partial charge is 0.405 e. The molecule has 2 fully saturated rings. The van der Waals surface area contributed by atoms with Gasteiger partial charge in [-0.3, -0.25) is 19.3 Å². The predicted molar refractivity (Wildman–Crippen MR) is 164 cm³/mol. The molecule has 12 nitrogen and oxygen atoms in total. The molecule has 1 aromatic carbocycles. The Balaban J connectivity index is 1.91. The number of phenolic OH excluding ortho intramolecular Hbond substituents is 3. The Morgan fingerprint density at radius 2 is 1.49 bits per heavy atom. The van der Waals surface area contributed by atoms with Crippen molar-refractivity contribution in [2.75, 3.05) is 39.8 Å². The number of halogens is 7. The largest absolute Gasteiger partial charge is 0.505 e. The van der Waals surface area contributed by atoms with Crippen LogP contribution in [0.5, 0.6) is 17.2 Å². The Bertz CT molecular complexity index is 1480. The van der Waals surface area contributed by atoms with Gasteiger partial charge in [0.1, 0.15) is 18.0 Å². The molecule has 0 aromatic heterocycles. The second-order valence-electron chi connectivity index (χ2n) is 13.1. The summed E-state index contributed by atoms with van der Waals surface area (Å²) in [4.78, 5) is 68.0. The molecule has 2 saturated heterocycles. The third-order valence-corrected chi connectivity index (χ3v) is 10.2. The summed E-state index contributed by atoms with van der Waals surface area (Å²) in [7, 11) is 1.20. The van der Waals surface area contributed by atoms with Crippen molar-refractivity contribution in [1.82, 2.24) is 19.6 Å². The molecule has 0 bridgehead atoms. The van der Waals surface area contributed by atoms with Gasteiger partial charge in [-0.25, -0.2) is 4.79 Å². The summed E-state index contributed by atoms with van der Waals surface area (Å²) in [6.07, 6.45) is -13.5. The molecule has 0 radical (unpaired) electrons. The van der Waals surface area contributed by atoms with E-state index in [1.165, 1.54) is 32.7 Å². The van der Waals surface area contributed by atoms with Crippen LogP contribution in [0.2, 0.25) is 0 Å². The summed E-state index contributed by atoms with van der Waals surface area (Å²) in [5, 5.41) is 31.5. The molecule has 0 saturated carbocycles. The Labute approximate surface area is 288 Å². The molecule has 3 rings (SSSR count). The summed E-state index contributed by atoms with van der Waals surface area (Å²) in [5.74, 6) is -17.2. The normalized spacial score (nSPS) is 21.4. The number of Topliss-reactive ketones (excluding diaryl/α,β-unsaturated/α-hetero) is 2. The molecule has 19 heteroatoms. The first-order valence-corrected chi connectivity index (χ1v) is 16.1. The molecular weight excluding hydrogens is 701 g/mol. The molecule has 51 heavy (non-hydrogen) atoms. The summed E-state index contributed by atoms with van der Waals surface area (Å²) < 4.78 is 95.1. The highest BCUT2D eigenvalue weighted by molar-refractivity contribution is 5.98. The van der Waals surface area contributed by atoms with Crippen LogP contribution in [0, 0.1) is 30.5 Å². The monoisotopic (exact) mass is 742 g/mol. The molecular formula is C32H41F7N4O8. The fraction of sp³-hybridized carbons (Fsp3) is 0.656. The number of carbonyl (C=O) groups is 5. The van der Waals surface area contributed by atoms with E-state index in [-0.39, 0.29) is 36.0 Å². The summed E-state index contributed by atoms with van der Waals surface area (Å²) in [6.45, 7) is 6.81. The number of aldehydes is 1. The zero-order valence-electron chi connectivity index (χ0n) is 28.5. The van der Waals surface area contributed by atoms with Crippen LogP contribution in [-0.4, -0.2) is 129 Å². The van der Waals surface area contributed by atoms with Gasteiger partial charge in [0, 0.05) is 82.2 Å². The highest BCUT2D eigenvalue weighted by Gasteiger charge is 2.55. The van der Waals surface area contributed by atoms with Gasteiger partial charge in [-0.05, 0) is 26.7 Å². The van der Waals surface area contributed by atoms with Gasteiger partial charge in [-0.1, -0.05) is 6.92 Å². The number of nitrogens with zero attached hydrogens (tertiary/aromatic N) is 4. The number of hydrogen-bond donors (Lipinski definition) is 3. The van der Waals surface area contributed by atoms with Gasteiger partial charge >= 0.3 is 18.4 Å². The van der Waals surface area contributed by atoms with E-state index < -0.39 is 95.6 Å². The Kier molecular flexibility index (Phi) is 12.6. The van der Waals surface area contributed by atoms with Crippen molar-refractivity contribution in [3.05, 3.63) is 16.9 Å². The van der Waals surface area contributed by atoms with Gasteiger partial charge in [0.25, 0.3) is 0 Å². The van der Waals surface area contributed by atoms with Gasteiger partial charge in [-0.15, -0.1) is 0 Å². The first kappa shape index (κ1) is 41.3. The average molecular weight is 743 g/mol. The van der Waals surface area contributed by atoms with E-state index in [0.717, 1.165) is 11.8 Å². The molecule has 0 aliphatic carbocycles. The van der Waals surface area contributed by atoms with Crippen molar-refractivity contribution in [3.8, 4) is 17.2 Å². The molecule has 3 amide bonds. The highest BCUT2D eigenvalue weighted by Crippen LogP contribution is 2.48. The first-order chi connectivity index (χ1) is 23.4. The Morgan fingerprint density at radius 1 is 0.922 bits per heavy atom. The van der Waals surface area contributed by atoms with Gasteiger partial charge in [0.2, 0.25) is 11.7 Å². The third kappa shape index (κ3) is 8.66. The van der Waals surface area contributed by atoms with Crippen LogP contribution in [0.25, 0.3) is 0 Å². The maximum absolute atomic E-state index is 14.5. The topological polar surface area (TPSA) is 159 Å². The summed E-state index contributed by atoms with van der Waals surface area (Å²) in [5.41, 5.74) is -0.375. The molecule has 2 aliphatic rings. The second-order valence-corrected chi connectivity index (χ2v) is 13.1. The van der Waals surface area contributed by atoms with Gasteiger partial charge < -0.3 is 34.8 Å². The lowest BCUT2D eigenvalue weighted by molar-refractivity contribution is -0.204. The number of amides is 3. The number of alkyl halides is 6. The Morgan fingerprint density at radius 3 is 1.98 bits per heavy atom. The van der Waals surface area contributed by atoms with Crippen LogP contribution < -0.4 is 0 Å². The predicted octanol–water partition coefficient (Wildman–Crippen LogP) is 4.08. The molecule has 6 unspecified atom stereocenters. The van der Waals surface area contributed by atoms with Gasteiger partial charge in [-0.2, -0.15) is 30.7 Å². The first-order valence-electron chi connectivity index (χ1n) is 16.1. The van der Waals surface area contributed by atoms with Crippen LogP contribution >= 0.6 is 0 Å². The molecule has 1 aromatic rings. The third-order valence-electron chi connectivity index (χ3n) is 10.2. The minimum absolute atomic E-state index is 0.0343. The van der Waals surface area contributed by atoms with Crippen molar-refractivity contribution >= 4 is 29.8 Å². The number of likely N-dealkylation sites (tertiary alicyclic amines) is 1. The van der Waals surface area contributed by atoms with Gasteiger partial charge in [0.15, 0.2) is 28.9 Å². The number of rotatable bonds is 10. The average Bonchev–Trinajstić information content (AvgIpc) is 3.06. The number of urea groups is 1. The molecule has 286 valence electrons. The van der Waals surface area contributed by atoms with E-state index in [1.807, 2.05) is 0 Å². The molecule has 3 N–H and O–H groups in total. The van der Waals surface area contributed by atoms with Crippen molar-refractivity contribution in [1.29, 1.82) is 0 Å². The van der Waals surface area contributed by atoms with E-state index in [9.17, 15) is 70.0 Å². The minimum atomic E-state index is -5.62. The number of piperazine rings is 1. The van der Waals surface area contributed by atoms with E-state index in [4.69, 9.17) is 0 Å². The van der Waals surface area contributed by atoms with Crippen LogP contribution in [0.3, 0.4) is 0 Å². The zero-order valence-corrected chi connectivity index (χ0v) is 28.5. The molecule has 2 heterocycles. The lowest BCUT2D eigenvalue weighted by atomic mass is 9.84. The number of benzene rings is 1. The van der Waals surface area contributed by atoms with Crippen molar-refractivity contribution in [2.24, 2.45) is 17.8 Å². The number of piperidine rings is 1. The second kappa shape index (κ2) is 15.6. The molecule has 6 atom stereocenters. The van der Waals surface area contributed by atoms with Crippen molar-refractivity contribution in [3.63, 3.8) is 0 Å². The SMILES string of the molecule is CC(=O)N1CCN(C2CCN(C(=O)N(C)C(C)C(C)C(=O)CC(C(=O)C(C=O)C(F)(F)F)C(F)(F)F)C(c3c(C)c(O)c(F)c(O)c3O)C2)CC1. The number of phenols is 3. The van der Waals surface area contributed by atoms with Gasteiger partial charge in [0.05, 0.1) is 6.04 Å². The lowest BCUT2D eigenvalue weighted by Crippen LogP contribution is -2.57. The van der Waals surface area contributed by atoms with Crippen LogP contribution in [0.15, 0.2) is 0 Å². The standard InChI is InChI=1S/C32H41F7N4O8/c1-15(23(46)13-20(31(34,35)36)27(48)21(14-44)32(37,38)39)17(3)40(5)30(51)43-7-6-19(42-10-8-41(9-11-42)18(4)45)12-22(43)24-16(2)26(47)25(33)29(50)28(24)49/h14-15,17,19-22,47,49-50H,6-13H2,1-5H3. The van der Waals surface area contributed by atoms with E-state index >= 15 is 0 Å². The quantitative estimate of drug-likeness (QED) is 0.106. The number of aromatic hydroxyl groups is 3.